The average molecular weight is 461 g/mol. The number of hydrogen-bond donors (Lipinski definition) is 3. The second-order valence-electron chi connectivity index (χ2n) is 5.75. The molecule has 2 amide bonds. The third-order valence-electron chi connectivity index (χ3n) is 3.75. The van der Waals surface area contributed by atoms with Gasteiger partial charge in [0, 0.05) is 15.7 Å². The first-order chi connectivity index (χ1) is 13.4. The highest BCUT2D eigenvalue weighted by Crippen LogP contribution is 2.18. The van der Waals surface area contributed by atoms with E-state index in [4.69, 9.17) is 11.6 Å². The molecule has 28 heavy (non-hydrogen) atoms. The number of carbonyl (C=O) groups excluding carboxylic acids is 2. The molecule has 3 N–H and O–H groups in total. The summed E-state index contributed by atoms with van der Waals surface area (Å²) in [5.41, 5.74) is 7.05. The van der Waals surface area contributed by atoms with E-state index >= 15 is 0 Å². The highest BCUT2D eigenvalue weighted by atomic mass is 79.9. The van der Waals surface area contributed by atoms with Crippen LogP contribution >= 0.6 is 27.5 Å². The molecule has 0 saturated heterocycles. The number of nitrogens with one attached hydrogen (secondary N) is 3. The number of aryl methyl sites for hydroxylation is 1. The molecule has 0 aliphatic carbocycles. The zero-order valence-corrected chi connectivity index (χ0v) is 17.0. The lowest BCUT2D eigenvalue weighted by Gasteiger charge is -2.11. The Bertz CT molecular complexity index is 1030. The number of rotatable bonds is 5. The van der Waals surface area contributed by atoms with Gasteiger partial charge in [-0.2, -0.15) is 0 Å². The molecule has 9 heteroatoms. The van der Waals surface area contributed by atoms with Crippen molar-refractivity contribution in [3.8, 4) is 0 Å². The number of hydrazine groups is 1. The summed E-state index contributed by atoms with van der Waals surface area (Å²) >= 11 is 9.37. The number of carbonyl (C=O) groups is 2. The van der Waals surface area contributed by atoms with Gasteiger partial charge in [0.25, 0.3) is 11.8 Å². The Morgan fingerprint density at radius 1 is 1.04 bits per heavy atom. The van der Waals surface area contributed by atoms with Crippen molar-refractivity contribution in [2.24, 2.45) is 0 Å². The Labute approximate surface area is 174 Å². The molecule has 0 atom stereocenters. The predicted octanol–water partition coefficient (Wildman–Crippen LogP) is 4.21. The lowest BCUT2D eigenvalue weighted by atomic mass is 10.2. The van der Waals surface area contributed by atoms with Gasteiger partial charge in [-0.15, -0.1) is 0 Å². The fourth-order valence-corrected chi connectivity index (χ4v) is 2.71. The number of halogens is 2. The van der Waals surface area contributed by atoms with Crippen LogP contribution in [0.1, 0.15) is 26.4 Å². The molecule has 3 aromatic rings. The zero-order valence-electron chi connectivity index (χ0n) is 14.7. The molecule has 0 saturated carbocycles. The van der Waals surface area contributed by atoms with E-state index in [1.165, 1.54) is 6.20 Å². The number of anilines is 2. The molecule has 2 aromatic carbocycles. The predicted molar refractivity (Wildman–Crippen MR) is 111 cm³/mol. The van der Waals surface area contributed by atoms with Crippen molar-refractivity contribution in [3.63, 3.8) is 0 Å². The maximum Gasteiger partial charge on any atom is 0.276 e. The number of amides is 2. The molecule has 0 spiro atoms. The van der Waals surface area contributed by atoms with Crippen molar-refractivity contribution in [2.45, 2.75) is 6.92 Å². The van der Waals surface area contributed by atoms with E-state index in [0.717, 1.165) is 10.0 Å². The van der Waals surface area contributed by atoms with Gasteiger partial charge in [0.05, 0.1) is 11.2 Å². The Balaban J connectivity index is 1.70. The zero-order chi connectivity index (χ0) is 20.1. The fraction of sp³-hybridized carbons (Fsp3) is 0.0526. The third kappa shape index (κ3) is 4.85. The molecular formula is C19H15BrClN5O2. The van der Waals surface area contributed by atoms with E-state index in [0.29, 0.717) is 11.3 Å². The van der Waals surface area contributed by atoms with Gasteiger partial charge >= 0.3 is 0 Å². The minimum absolute atomic E-state index is 0.0136. The van der Waals surface area contributed by atoms with Gasteiger partial charge in [-0.25, -0.2) is 9.97 Å². The van der Waals surface area contributed by atoms with E-state index in [2.05, 4.69) is 42.1 Å². The van der Waals surface area contributed by atoms with Gasteiger partial charge < -0.3 is 5.32 Å². The van der Waals surface area contributed by atoms with Crippen LogP contribution in [0.4, 0.5) is 11.6 Å². The summed E-state index contributed by atoms with van der Waals surface area (Å²) in [5, 5.41) is 2.85. The van der Waals surface area contributed by atoms with E-state index < -0.39 is 5.91 Å². The molecule has 3 rings (SSSR count). The molecule has 1 aromatic heterocycles. The van der Waals surface area contributed by atoms with Gasteiger partial charge in [0.15, 0.2) is 5.69 Å². The maximum atomic E-state index is 12.5. The lowest BCUT2D eigenvalue weighted by Crippen LogP contribution is -2.30. The summed E-state index contributed by atoms with van der Waals surface area (Å²) in [6, 6.07) is 14.2. The first-order valence-electron chi connectivity index (χ1n) is 8.15. The van der Waals surface area contributed by atoms with Crippen LogP contribution in [0.5, 0.6) is 0 Å². The monoisotopic (exact) mass is 459 g/mol. The van der Waals surface area contributed by atoms with Gasteiger partial charge in [0.1, 0.15) is 0 Å². The molecule has 0 aliphatic rings. The number of hydrogen-bond acceptors (Lipinski definition) is 5. The van der Waals surface area contributed by atoms with Crippen LogP contribution in [0.3, 0.4) is 0 Å². The van der Waals surface area contributed by atoms with Crippen molar-refractivity contribution in [3.05, 3.63) is 81.0 Å². The van der Waals surface area contributed by atoms with Crippen LogP contribution in [0.25, 0.3) is 0 Å². The second kappa shape index (κ2) is 8.81. The lowest BCUT2D eigenvalue weighted by molar-refractivity contribution is 0.0961. The van der Waals surface area contributed by atoms with Crippen LogP contribution in [-0.4, -0.2) is 21.8 Å². The van der Waals surface area contributed by atoms with E-state index in [1.54, 1.807) is 30.3 Å². The van der Waals surface area contributed by atoms with Gasteiger partial charge in [-0.05, 0) is 42.8 Å². The topological polar surface area (TPSA) is 96.0 Å². The summed E-state index contributed by atoms with van der Waals surface area (Å²) < 4.78 is 0.863. The molecule has 0 aliphatic heterocycles. The summed E-state index contributed by atoms with van der Waals surface area (Å²) in [5.74, 6) is -0.828. The summed E-state index contributed by atoms with van der Waals surface area (Å²) in [6.45, 7) is 1.88. The Kier molecular flexibility index (Phi) is 6.23. The van der Waals surface area contributed by atoms with Crippen LogP contribution in [0.2, 0.25) is 5.02 Å². The van der Waals surface area contributed by atoms with E-state index in [-0.39, 0.29) is 22.6 Å². The summed E-state index contributed by atoms with van der Waals surface area (Å²) in [7, 11) is 0. The van der Waals surface area contributed by atoms with Crippen LogP contribution in [-0.2, 0) is 0 Å². The van der Waals surface area contributed by atoms with Gasteiger partial charge in [0.2, 0.25) is 5.95 Å². The van der Waals surface area contributed by atoms with Crippen molar-refractivity contribution in [1.29, 1.82) is 0 Å². The minimum Gasteiger partial charge on any atom is -0.320 e. The Hall–Kier alpha value is -2.97. The first-order valence-corrected chi connectivity index (χ1v) is 9.32. The van der Waals surface area contributed by atoms with Crippen molar-refractivity contribution < 1.29 is 9.59 Å². The summed E-state index contributed by atoms with van der Waals surface area (Å²) in [4.78, 5) is 32.7. The largest absolute Gasteiger partial charge is 0.320 e. The SMILES string of the molecule is Cc1ccccc1NC(=O)c1nc(NNC(=O)c2ccc(Br)cc2)ncc1Cl. The number of benzene rings is 2. The van der Waals surface area contributed by atoms with Gasteiger partial charge in [-0.3, -0.25) is 20.4 Å². The third-order valence-corrected chi connectivity index (χ3v) is 4.55. The highest BCUT2D eigenvalue weighted by Gasteiger charge is 2.16. The van der Waals surface area contributed by atoms with Crippen molar-refractivity contribution >= 4 is 51.0 Å². The number of para-hydroxylation sites is 1. The molecule has 0 fully saturated rings. The van der Waals surface area contributed by atoms with Crippen LogP contribution in [0, 0.1) is 6.92 Å². The minimum atomic E-state index is -0.482. The second-order valence-corrected chi connectivity index (χ2v) is 7.07. The van der Waals surface area contributed by atoms with Gasteiger partial charge in [-0.1, -0.05) is 45.7 Å². The van der Waals surface area contributed by atoms with Crippen molar-refractivity contribution in [1.82, 2.24) is 15.4 Å². The summed E-state index contributed by atoms with van der Waals surface area (Å²) in [6.07, 6.45) is 1.29. The normalized spacial score (nSPS) is 10.2. The number of nitrogens with zero attached hydrogens (tertiary/aromatic N) is 2. The van der Waals surface area contributed by atoms with E-state index in [9.17, 15) is 9.59 Å². The standard InChI is InChI=1S/C19H15BrClN5O2/c1-11-4-2-3-5-15(11)23-18(28)16-14(21)10-22-19(24-16)26-25-17(27)12-6-8-13(20)9-7-12/h2-10H,1H3,(H,23,28)(H,25,27)(H,22,24,26). The Morgan fingerprint density at radius 3 is 2.46 bits per heavy atom. The Morgan fingerprint density at radius 2 is 1.75 bits per heavy atom. The smallest absolute Gasteiger partial charge is 0.276 e. The van der Waals surface area contributed by atoms with Crippen LogP contribution in [0.15, 0.2) is 59.2 Å². The first kappa shape index (κ1) is 19.8. The number of aromatic nitrogens is 2. The molecular weight excluding hydrogens is 446 g/mol. The highest BCUT2D eigenvalue weighted by molar-refractivity contribution is 9.10. The molecule has 7 nitrogen and oxygen atoms in total. The van der Waals surface area contributed by atoms with Crippen LogP contribution < -0.4 is 16.2 Å². The van der Waals surface area contributed by atoms with Crippen molar-refractivity contribution in [2.75, 3.05) is 10.7 Å². The molecule has 0 unspecified atom stereocenters. The molecule has 142 valence electrons. The average Bonchev–Trinajstić information content (AvgIpc) is 2.69. The fourth-order valence-electron chi connectivity index (χ4n) is 2.27. The maximum absolute atomic E-state index is 12.5. The quantitative estimate of drug-likeness (QED) is 0.496. The molecule has 0 radical (unpaired) electrons. The van der Waals surface area contributed by atoms with E-state index in [1.807, 2.05) is 25.1 Å². The molecule has 1 heterocycles. The molecule has 0 bridgehead atoms.